The predicted molar refractivity (Wildman–Crippen MR) is 82.4 cm³/mol. The molecule has 0 saturated heterocycles. The number of nitriles is 1. The number of hydrogen-bond acceptors (Lipinski definition) is 6. The van der Waals surface area contributed by atoms with E-state index in [9.17, 15) is 0 Å². The summed E-state index contributed by atoms with van der Waals surface area (Å²) in [5.74, 6) is 1.53. The zero-order chi connectivity index (χ0) is 14.0. The van der Waals surface area contributed by atoms with Crippen LogP contribution in [0.5, 0.6) is 10.9 Å². The fraction of sp³-hybridized carbons (Fsp3) is 0.250. The van der Waals surface area contributed by atoms with Crippen LogP contribution in [0.2, 0.25) is 0 Å². The van der Waals surface area contributed by atoms with Crippen LogP contribution in [0, 0.1) is 14.9 Å². The van der Waals surface area contributed by atoms with Crippen molar-refractivity contribution in [1.82, 2.24) is 9.36 Å². The standard InChI is InChI=1S/C12H11IN4OS/c1-6(2)11-16-12(19-17-11)18-10-8(13)3-7(5-14)4-9(10)15/h3-4,6H,15H2,1-2H3. The van der Waals surface area contributed by atoms with Crippen molar-refractivity contribution in [2.24, 2.45) is 0 Å². The largest absolute Gasteiger partial charge is 0.426 e. The van der Waals surface area contributed by atoms with Crippen molar-refractivity contribution in [3.05, 3.63) is 27.1 Å². The van der Waals surface area contributed by atoms with Crippen molar-refractivity contribution in [2.75, 3.05) is 5.73 Å². The summed E-state index contributed by atoms with van der Waals surface area (Å²) in [5.41, 5.74) is 6.82. The Hall–Kier alpha value is -1.40. The molecule has 0 aliphatic rings. The molecular weight excluding hydrogens is 375 g/mol. The molecule has 0 spiro atoms. The lowest BCUT2D eigenvalue weighted by molar-refractivity contribution is 0.475. The number of nitrogens with zero attached hydrogens (tertiary/aromatic N) is 3. The number of nitrogens with two attached hydrogens (primary N) is 1. The molecule has 0 bridgehead atoms. The fourth-order valence-corrected chi connectivity index (χ4v) is 2.81. The van der Waals surface area contributed by atoms with Gasteiger partial charge >= 0.3 is 0 Å². The Balaban J connectivity index is 2.30. The van der Waals surface area contributed by atoms with E-state index in [0.717, 1.165) is 9.39 Å². The first-order valence-corrected chi connectivity index (χ1v) is 7.37. The molecule has 98 valence electrons. The number of hydrogen-bond donors (Lipinski definition) is 1. The molecule has 0 fully saturated rings. The van der Waals surface area contributed by atoms with Crippen LogP contribution in [0.15, 0.2) is 12.1 Å². The molecular formula is C12H11IN4OS. The van der Waals surface area contributed by atoms with Gasteiger partial charge in [-0.1, -0.05) is 13.8 Å². The Bertz CT molecular complexity index is 624. The van der Waals surface area contributed by atoms with Crippen molar-refractivity contribution in [2.45, 2.75) is 19.8 Å². The summed E-state index contributed by atoms with van der Waals surface area (Å²) < 4.78 is 10.7. The first-order valence-electron chi connectivity index (χ1n) is 5.52. The molecule has 1 aromatic carbocycles. The van der Waals surface area contributed by atoms with Gasteiger partial charge in [0, 0.05) is 17.5 Å². The number of anilines is 1. The number of benzene rings is 1. The number of nitrogen functional groups attached to an aromatic ring is 1. The average Bonchev–Trinajstić information content (AvgIpc) is 2.82. The molecule has 7 heteroatoms. The smallest absolute Gasteiger partial charge is 0.298 e. The van der Waals surface area contributed by atoms with Crippen LogP contribution >= 0.6 is 34.1 Å². The maximum atomic E-state index is 8.86. The number of rotatable bonds is 3. The lowest BCUT2D eigenvalue weighted by Crippen LogP contribution is -1.96. The molecule has 0 unspecified atom stereocenters. The van der Waals surface area contributed by atoms with E-state index < -0.39 is 0 Å². The van der Waals surface area contributed by atoms with Crippen LogP contribution < -0.4 is 10.5 Å². The summed E-state index contributed by atoms with van der Waals surface area (Å²) in [6.07, 6.45) is 0. The first kappa shape index (κ1) is 14.0. The van der Waals surface area contributed by atoms with Crippen LogP contribution in [0.3, 0.4) is 0 Å². The van der Waals surface area contributed by atoms with Crippen molar-refractivity contribution in [3.63, 3.8) is 0 Å². The zero-order valence-corrected chi connectivity index (χ0v) is 13.3. The first-order chi connectivity index (χ1) is 9.01. The molecule has 0 atom stereocenters. The monoisotopic (exact) mass is 386 g/mol. The van der Waals surface area contributed by atoms with Gasteiger partial charge in [-0.2, -0.15) is 14.6 Å². The molecule has 2 aromatic rings. The van der Waals surface area contributed by atoms with Gasteiger partial charge in [-0.3, -0.25) is 0 Å². The van der Waals surface area contributed by atoms with Crippen molar-refractivity contribution >= 4 is 39.8 Å². The summed E-state index contributed by atoms with van der Waals surface area (Å²) in [5, 5.41) is 9.32. The highest BCUT2D eigenvalue weighted by Gasteiger charge is 2.14. The molecule has 0 aliphatic heterocycles. The molecule has 0 aliphatic carbocycles. The summed E-state index contributed by atoms with van der Waals surface area (Å²) in [6, 6.07) is 5.36. The molecule has 0 radical (unpaired) electrons. The minimum Gasteiger partial charge on any atom is -0.426 e. The third-order valence-electron chi connectivity index (χ3n) is 2.33. The molecule has 0 saturated carbocycles. The fourth-order valence-electron chi connectivity index (χ4n) is 1.37. The maximum Gasteiger partial charge on any atom is 0.298 e. The Morgan fingerprint density at radius 2 is 2.21 bits per heavy atom. The topological polar surface area (TPSA) is 84.8 Å². The van der Waals surface area contributed by atoms with Crippen molar-refractivity contribution in [3.8, 4) is 17.0 Å². The maximum absolute atomic E-state index is 8.86. The molecule has 1 heterocycles. The highest BCUT2D eigenvalue weighted by atomic mass is 127. The van der Waals surface area contributed by atoms with Crippen LogP contribution in [0.25, 0.3) is 0 Å². The Morgan fingerprint density at radius 1 is 1.47 bits per heavy atom. The van der Waals surface area contributed by atoms with Gasteiger partial charge in [0.2, 0.25) is 0 Å². The Morgan fingerprint density at radius 3 is 2.74 bits per heavy atom. The molecule has 2 rings (SSSR count). The van der Waals surface area contributed by atoms with E-state index in [0.29, 0.717) is 22.2 Å². The number of ether oxygens (including phenoxy) is 1. The van der Waals surface area contributed by atoms with Crippen molar-refractivity contribution in [1.29, 1.82) is 5.26 Å². The van der Waals surface area contributed by atoms with E-state index in [1.165, 1.54) is 11.5 Å². The van der Waals surface area contributed by atoms with Gasteiger partial charge in [-0.15, -0.1) is 0 Å². The van der Waals surface area contributed by atoms with E-state index in [-0.39, 0.29) is 5.92 Å². The summed E-state index contributed by atoms with van der Waals surface area (Å²) in [4.78, 5) is 4.29. The number of halogens is 1. The molecule has 19 heavy (non-hydrogen) atoms. The van der Waals surface area contributed by atoms with Crippen LogP contribution in [-0.4, -0.2) is 9.36 Å². The zero-order valence-electron chi connectivity index (χ0n) is 10.3. The normalized spacial score (nSPS) is 10.5. The second-order valence-corrected chi connectivity index (χ2v) is 6.04. The van der Waals surface area contributed by atoms with E-state index >= 15 is 0 Å². The van der Waals surface area contributed by atoms with Gasteiger partial charge in [0.1, 0.15) is 5.82 Å². The molecule has 5 nitrogen and oxygen atoms in total. The van der Waals surface area contributed by atoms with E-state index in [4.69, 9.17) is 15.7 Å². The Kier molecular flexibility index (Phi) is 4.21. The van der Waals surface area contributed by atoms with E-state index in [2.05, 4.69) is 38.0 Å². The van der Waals surface area contributed by atoms with Gasteiger partial charge in [-0.05, 0) is 34.7 Å². The van der Waals surface area contributed by atoms with Crippen LogP contribution in [0.1, 0.15) is 31.2 Å². The predicted octanol–water partition coefficient (Wildman–Crippen LogP) is 3.51. The lowest BCUT2D eigenvalue weighted by atomic mass is 10.2. The Labute approximate surface area is 128 Å². The summed E-state index contributed by atoms with van der Waals surface area (Å²) >= 11 is 3.28. The van der Waals surface area contributed by atoms with Crippen LogP contribution in [0.4, 0.5) is 5.69 Å². The highest BCUT2D eigenvalue weighted by Crippen LogP contribution is 2.34. The van der Waals surface area contributed by atoms with Crippen molar-refractivity contribution < 1.29 is 4.74 Å². The SMILES string of the molecule is CC(C)c1nsc(Oc2c(N)cc(C#N)cc2I)n1. The molecule has 2 N–H and O–H groups in total. The number of aromatic nitrogens is 2. The van der Waals surface area contributed by atoms with Gasteiger partial charge in [0.25, 0.3) is 5.19 Å². The average molecular weight is 386 g/mol. The second kappa shape index (κ2) is 5.71. The lowest BCUT2D eigenvalue weighted by Gasteiger charge is -2.07. The minimum atomic E-state index is 0.256. The highest BCUT2D eigenvalue weighted by molar-refractivity contribution is 14.1. The van der Waals surface area contributed by atoms with Gasteiger partial charge < -0.3 is 10.5 Å². The molecule has 1 aromatic heterocycles. The summed E-state index contributed by atoms with van der Waals surface area (Å²) in [6.45, 7) is 4.04. The van der Waals surface area contributed by atoms with Gasteiger partial charge in [0.15, 0.2) is 5.75 Å². The van der Waals surface area contributed by atoms with E-state index in [1.807, 2.05) is 13.8 Å². The molecule has 0 amide bonds. The quantitative estimate of drug-likeness (QED) is 0.645. The van der Waals surface area contributed by atoms with Gasteiger partial charge in [-0.25, -0.2) is 0 Å². The second-order valence-electron chi connectivity index (χ2n) is 4.16. The van der Waals surface area contributed by atoms with Gasteiger partial charge in [0.05, 0.1) is 20.9 Å². The summed E-state index contributed by atoms with van der Waals surface area (Å²) in [7, 11) is 0. The van der Waals surface area contributed by atoms with Crippen LogP contribution in [-0.2, 0) is 0 Å². The minimum absolute atomic E-state index is 0.256. The third-order valence-corrected chi connectivity index (χ3v) is 3.74. The van der Waals surface area contributed by atoms with E-state index in [1.54, 1.807) is 12.1 Å². The third kappa shape index (κ3) is 3.13.